The Balaban J connectivity index is 1.65. The van der Waals surface area contributed by atoms with Crippen molar-refractivity contribution in [3.8, 4) is 0 Å². The highest BCUT2D eigenvalue weighted by atomic mass is 32.2. The van der Waals surface area contributed by atoms with E-state index in [1.54, 1.807) is 13.8 Å². The molecule has 0 fully saturated rings. The topological polar surface area (TPSA) is 118 Å². The summed E-state index contributed by atoms with van der Waals surface area (Å²) in [6.07, 6.45) is 7.38. The fraction of sp³-hybridized carbons (Fsp3) is 0.474. The van der Waals surface area contributed by atoms with Crippen LogP contribution in [0.5, 0.6) is 0 Å². The summed E-state index contributed by atoms with van der Waals surface area (Å²) in [5.74, 6) is 0. The van der Waals surface area contributed by atoms with Gasteiger partial charge in [0.1, 0.15) is 14.8 Å². The third-order valence-electron chi connectivity index (χ3n) is 5.22. The molecule has 1 heterocycles. The van der Waals surface area contributed by atoms with Crippen LogP contribution >= 0.6 is 11.3 Å². The molecule has 2 amide bonds. The molecule has 2 aliphatic carbocycles. The Morgan fingerprint density at radius 3 is 2.39 bits per heavy atom. The Morgan fingerprint density at radius 1 is 1.25 bits per heavy atom. The van der Waals surface area contributed by atoms with Crippen molar-refractivity contribution >= 4 is 33.0 Å². The molecule has 2 aliphatic rings. The molecule has 0 spiro atoms. The van der Waals surface area contributed by atoms with Crippen molar-refractivity contribution in [2.75, 3.05) is 5.32 Å². The van der Waals surface area contributed by atoms with Gasteiger partial charge < -0.3 is 10.4 Å². The van der Waals surface area contributed by atoms with Gasteiger partial charge in [-0.2, -0.15) is 0 Å². The van der Waals surface area contributed by atoms with Gasteiger partial charge >= 0.3 is 6.03 Å². The Bertz CT molecular complexity index is 1040. The molecule has 1 atom stereocenters. The highest BCUT2D eigenvalue weighted by Crippen LogP contribution is 2.38. The number of carbonyl (C=O) groups excluding carboxylic acids is 1. The molecule has 0 unspecified atom stereocenters. The zero-order chi connectivity index (χ0) is 20.1. The van der Waals surface area contributed by atoms with Gasteiger partial charge in [-0.05, 0) is 74.6 Å². The van der Waals surface area contributed by atoms with Crippen molar-refractivity contribution in [1.82, 2.24) is 4.98 Å². The lowest BCUT2D eigenvalue weighted by molar-refractivity contribution is 0.0783. The smallest absolute Gasteiger partial charge is 0.354 e. The van der Waals surface area contributed by atoms with Crippen molar-refractivity contribution in [2.45, 2.75) is 62.2 Å². The number of anilines is 1. The van der Waals surface area contributed by atoms with Gasteiger partial charge in [0.15, 0.2) is 9.92 Å². The Kier molecular flexibility index (Phi) is 4.81. The number of carbonyl (C=O) groups is 1. The molecule has 0 aliphatic heterocycles. The molecule has 1 aromatic carbocycles. The summed E-state index contributed by atoms with van der Waals surface area (Å²) in [6, 6.07) is 1.57. The summed E-state index contributed by atoms with van der Waals surface area (Å²) in [4.78, 5) is 16.7. The molecule has 7 nitrogen and oxygen atoms in total. The highest BCUT2D eigenvalue weighted by Gasteiger charge is 2.26. The number of thiazole rings is 1. The number of hydrogen-bond acceptors (Lipinski definition) is 5. The minimum atomic E-state index is -3.44. The molecule has 0 bridgehead atoms. The second kappa shape index (κ2) is 6.91. The molecule has 0 saturated heterocycles. The average Bonchev–Trinajstić information content (AvgIpc) is 3.33. The van der Waals surface area contributed by atoms with Crippen molar-refractivity contribution in [3.05, 3.63) is 39.5 Å². The molecule has 9 heteroatoms. The summed E-state index contributed by atoms with van der Waals surface area (Å²) in [5.41, 5.74) is 4.60. The summed E-state index contributed by atoms with van der Waals surface area (Å²) in [6.45, 7) is 3.16. The van der Waals surface area contributed by atoms with Crippen LogP contribution in [0.3, 0.4) is 0 Å². The standard InChI is InChI=1S/C19H24N4O3S2/c1-19(2,25)17-21-10-15(27-17)28(20,26)23-18(24)22-16-13-7-3-5-11(13)9-12-6-4-8-14(12)16/h9-10,25H,3-8H2,1-2H3,(H3,20,22,23,24,26)/t28-/m1/s1. The van der Waals surface area contributed by atoms with Gasteiger partial charge in [0.05, 0.1) is 6.20 Å². The maximum atomic E-state index is 12.8. The minimum Gasteiger partial charge on any atom is -0.383 e. The number of hydrogen-bond donors (Lipinski definition) is 3. The molecule has 0 saturated carbocycles. The minimum absolute atomic E-state index is 0.170. The van der Waals surface area contributed by atoms with Gasteiger partial charge in [-0.3, -0.25) is 0 Å². The van der Waals surface area contributed by atoms with E-state index in [0.717, 1.165) is 55.5 Å². The molecule has 4 N–H and O–H groups in total. The normalized spacial score (nSPS) is 17.7. The van der Waals surface area contributed by atoms with Crippen LogP contribution < -0.4 is 10.5 Å². The zero-order valence-electron chi connectivity index (χ0n) is 15.9. The van der Waals surface area contributed by atoms with Crippen LogP contribution in [0.2, 0.25) is 0 Å². The number of amides is 2. The number of aromatic nitrogens is 1. The molecule has 2 aromatic rings. The van der Waals surface area contributed by atoms with Crippen LogP contribution in [0, 0.1) is 0 Å². The number of nitrogens with two attached hydrogens (primary N) is 1. The van der Waals surface area contributed by atoms with E-state index in [1.165, 1.54) is 28.5 Å². The molecular formula is C19H24N4O3S2. The van der Waals surface area contributed by atoms with Gasteiger partial charge in [-0.1, -0.05) is 6.07 Å². The quantitative estimate of drug-likeness (QED) is 0.706. The Hall–Kier alpha value is -1.81. The first kappa shape index (κ1) is 19.5. The summed E-state index contributed by atoms with van der Waals surface area (Å²) >= 11 is 1.000. The van der Waals surface area contributed by atoms with E-state index < -0.39 is 21.5 Å². The van der Waals surface area contributed by atoms with E-state index in [0.29, 0.717) is 5.01 Å². The van der Waals surface area contributed by atoms with Crippen LogP contribution in [0.15, 0.2) is 20.8 Å². The first-order valence-corrected chi connectivity index (χ1v) is 11.8. The Labute approximate surface area is 168 Å². The highest BCUT2D eigenvalue weighted by molar-refractivity contribution is 7.93. The molecular weight excluding hydrogens is 396 g/mol. The fourth-order valence-electron chi connectivity index (χ4n) is 3.94. The summed E-state index contributed by atoms with van der Waals surface area (Å²) in [7, 11) is -3.44. The van der Waals surface area contributed by atoms with Gasteiger partial charge in [0, 0.05) is 5.69 Å². The molecule has 4 rings (SSSR count). The SMILES string of the molecule is CC(C)(O)c1ncc([S@](N)(=O)=NC(=O)Nc2c3c(cc4c2CCC4)CCC3)s1. The number of fused-ring (bicyclic) bond motifs is 2. The van der Waals surface area contributed by atoms with E-state index in [4.69, 9.17) is 5.14 Å². The zero-order valence-corrected chi connectivity index (χ0v) is 17.6. The van der Waals surface area contributed by atoms with E-state index in [1.807, 2.05) is 0 Å². The summed E-state index contributed by atoms with van der Waals surface area (Å²) in [5, 5.41) is 19.1. The van der Waals surface area contributed by atoms with Crippen LogP contribution in [-0.4, -0.2) is 20.3 Å². The molecule has 1 aromatic heterocycles. The number of urea groups is 1. The van der Waals surface area contributed by atoms with Gasteiger partial charge in [0.25, 0.3) is 0 Å². The van der Waals surface area contributed by atoms with E-state index in [-0.39, 0.29) is 4.21 Å². The van der Waals surface area contributed by atoms with Crippen molar-refractivity contribution < 1.29 is 14.1 Å². The van der Waals surface area contributed by atoms with Crippen LogP contribution in [0.25, 0.3) is 0 Å². The van der Waals surface area contributed by atoms with E-state index in [2.05, 4.69) is 20.7 Å². The molecule has 150 valence electrons. The largest absolute Gasteiger partial charge is 0.383 e. The second-order valence-electron chi connectivity index (χ2n) is 7.87. The lowest BCUT2D eigenvalue weighted by Crippen LogP contribution is -2.18. The summed E-state index contributed by atoms with van der Waals surface area (Å²) < 4.78 is 16.8. The third kappa shape index (κ3) is 3.59. The third-order valence-corrected chi connectivity index (χ3v) is 8.41. The molecule has 28 heavy (non-hydrogen) atoms. The average molecular weight is 421 g/mol. The fourth-order valence-corrected chi connectivity index (χ4v) is 6.01. The second-order valence-corrected chi connectivity index (χ2v) is 10.9. The van der Waals surface area contributed by atoms with Gasteiger partial charge in [-0.25, -0.2) is 19.1 Å². The van der Waals surface area contributed by atoms with Crippen LogP contribution in [0.4, 0.5) is 10.5 Å². The lowest BCUT2D eigenvalue weighted by Gasteiger charge is -2.15. The number of benzene rings is 1. The van der Waals surface area contributed by atoms with Crippen LogP contribution in [-0.2, 0) is 41.2 Å². The Morgan fingerprint density at radius 2 is 1.86 bits per heavy atom. The molecule has 0 radical (unpaired) electrons. The first-order valence-electron chi connectivity index (χ1n) is 9.36. The number of aryl methyl sites for hydroxylation is 2. The number of aliphatic hydroxyl groups is 1. The van der Waals surface area contributed by atoms with Gasteiger partial charge in [-0.15, -0.1) is 15.7 Å². The predicted octanol–water partition coefficient (Wildman–Crippen LogP) is 3.28. The van der Waals surface area contributed by atoms with E-state index in [9.17, 15) is 14.1 Å². The van der Waals surface area contributed by atoms with Gasteiger partial charge in [0.2, 0.25) is 0 Å². The first-order chi connectivity index (χ1) is 13.1. The lowest BCUT2D eigenvalue weighted by atomic mass is 9.99. The maximum Gasteiger partial charge on any atom is 0.354 e. The number of nitrogens with zero attached hydrogens (tertiary/aromatic N) is 2. The monoisotopic (exact) mass is 420 g/mol. The van der Waals surface area contributed by atoms with E-state index >= 15 is 0 Å². The van der Waals surface area contributed by atoms with Crippen molar-refractivity contribution in [1.29, 1.82) is 0 Å². The predicted molar refractivity (Wildman–Crippen MR) is 110 cm³/mol. The van der Waals surface area contributed by atoms with Crippen LogP contribution in [0.1, 0.15) is 54.0 Å². The number of rotatable bonds is 3. The number of nitrogens with one attached hydrogen (secondary N) is 1. The van der Waals surface area contributed by atoms with Crippen molar-refractivity contribution in [2.24, 2.45) is 9.50 Å². The van der Waals surface area contributed by atoms with Crippen molar-refractivity contribution in [3.63, 3.8) is 0 Å². The maximum absolute atomic E-state index is 12.8.